The fraction of sp³-hybridized carbons (Fsp3) is 0.00893. The van der Waals surface area contributed by atoms with Gasteiger partial charge in [0.05, 0.1) is 52.1 Å². The number of carboxylic acids is 2. The molecule has 0 spiro atoms. The van der Waals surface area contributed by atoms with E-state index in [9.17, 15) is 19.5 Å². The minimum atomic E-state index is -1.26. The molecule has 6 aromatic heterocycles. The number of rotatable bonds is 16. The van der Waals surface area contributed by atoms with Crippen LogP contribution >= 0.6 is 0 Å². The van der Waals surface area contributed by atoms with E-state index in [1.807, 2.05) is 164 Å². The van der Waals surface area contributed by atoms with Crippen LogP contribution in [0.3, 0.4) is 0 Å². The van der Waals surface area contributed by atoms with Gasteiger partial charge in [0.25, 0.3) is 5.70 Å². The zero-order chi connectivity index (χ0) is 86.5. The first-order chi connectivity index (χ1) is 62.5. The molecule has 15 nitrogen and oxygen atoms in total. The molecule has 0 unspecified atom stereocenters. The molecular weight excluding hydrogens is 1700 g/mol. The summed E-state index contributed by atoms with van der Waals surface area (Å²) in [6.07, 6.45) is 27.1. The number of nitrogens with zero attached hydrogens (tertiary/aromatic N) is 10. The molecule has 16 bridgehead atoms. The minimum absolute atomic E-state index is 0. The van der Waals surface area contributed by atoms with Gasteiger partial charge >= 0.3 is 57.4 Å². The molecule has 0 atom stereocenters. The van der Waals surface area contributed by atoms with Gasteiger partial charge in [-0.05, 0) is 172 Å². The Morgan fingerprint density at radius 1 is 0.295 bits per heavy atom. The quantitative estimate of drug-likeness (QED) is 0.0400. The molecule has 16 aromatic rings. The fourth-order valence-corrected chi connectivity index (χ4v) is 16.0. The van der Waals surface area contributed by atoms with Crippen molar-refractivity contribution in [1.82, 2.24) is 39.9 Å². The first kappa shape index (κ1) is 86.0. The number of fused-ring (bicyclic) bond motifs is 16. The Kier molecular flexibility index (Phi) is 26.4. The molecule has 0 saturated heterocycles. The van der Waals surface area contributed by atoms with Crippen LogP contribution in [-0.2, 0) is 48.5 Å². The molecule has 20 rings (SSSR count). The van der Waals surface area contributed by atoms with Crippen LogP contribution in [0, 0.1) is 13.1 Å². The molecule has 129 heavy (non-hydrogen) atoms. The van der Waals surface area contributed by atoms with E-state index in [1.165, 1.54) is 6.08 Å². The molecule has 17 heteroatoms. The second-order valence-corrected chi connectivity index (χ2v) is 29.9. The van der Waals surface area contributed by atoms with E-state index in [2.05, 4.69) is 234 Å². The van der Waals surface area contributed by atoms with E-state index < -0.39 is 18.5 Å². The van der Waals surface area contributed by atoms with Gasteiger partial charge in [-0.1, -0.05) is 352 Å². The van der Waals surface area contributed by atoms with Crippen molar-refractivity contribution >= 4 is 141 Å². The van der Waals surface area contributed by atoms with Gasteiger partial charge < -0.3 is 35.0 Å². The van der Waals surface area contributed by atoms with Crippen LogP contribution in [0.4, 0.5) is 0 Å². The number of aromatic nitrogens is 8. The zero-order valence-electron chi connectivity index (χ0n) is 69.5. The van der Waals surface area contributed by atoms with Crippen LogP contribution in [0.15, 0.2) is 333 Å². The van der Waals surface area contributed by atoms with Gasteiger partial charge in [-0.15, -0.1) is 44.1 Å². The van der Waals surface area contributed by atoms with Gasteiger partial charge in [-0.3, -0.25) is 9.59 Å². The predicted octanol–water partition coefficient (Wildman–Crippen LogP) is 25.6. The zero-order valence-corrected chi connectivity index (χ0v) is 75.4. The Morgan fingerprint density at radius 3 is 0.767 bits per heavy atom. The average Bonchev–Trinajstić information content (AvgIpc) is 1.61. The summed E-state index contributed by atoms with van der Waals surface area (Å²) in [6.45, 7) is 12.8. The van der Waals surface area contributed by atoms with Gasteiger partial charge in [0.2, 0.25) is 0 Å². The SMILES string of the molecule is O=Cc1ccc(/C=C/c2cc3[n-]c2c(-c2ccccc2)c2nc(c(-c4ccccc4)c4ccc([n-]4)c(-c4ccccc4)c4nc(c3-c3ccccc3)C=C4)C=C2)cc1.[C-]#[N+]/C(=C\c1ccc(/C=C/c2cc3[n-]c2c(-c2ccccc2)c2nc(c(-c4ccccc4)c4ccc([n-]4)c(-c4ccccc4)c4nc(c3-c3ccccc3)C=C4)C=C2)cc1)C(=O)O.[C-]#[N+]CC(=O)O.[Zn+2].[Zn+2]. The first-order valence-corrected chi connectivity index (χ1v) is 41.0. The first-order valence-electron chi connectivity index (χ1n) is 41.0. The summed E-state index contributed by atoms with van der Waals surface area (Å²) in [6, 6.07) is 110. The molecule has 4 aliphatic rings. The Bertz CT molecular complexity index is 7640. The molecule has 0 aliphatic carbocycles. The number of aliphatic carboxylic acids is 2. The van der Waals surface area contributed by atoms with Crippen molar-refractivity contribution < 1.29 is 63.6 Å². The average molecular weight is 1770 g/mol. The number of aldehydes is 1. The summed E-state index contributed by atoms with van der Waals surface area (Å²) in [4.78, 5) is 81.5. The van der Waals surface area contributed by atoms with E-state index in [4.69, 9.17) is 58.1 Å². The van der Waals surface area contributed by atoms with E-state index in [0.29, 0.717) is 11.1 Å². The predicted molar refractivity (Wildman–Crippen MR) is 515 cm³/mol. The van der Waals surface area contributed by atoms with Crippen molar-refractivity contribution in [3.05, 3.63) is 435 Å². The second kappa shape index (κ2) is 39.5. The normalized spacial score (nSPS) is 11.6. The standard InChI is InChI=1S/C56H36N5O2.C53H35N4O.C3H3NO2.2Zn/c1-57-50(56(62)63)34-37-24-22-36(23-25-37)26-27-42-35-49-53(40-18-10-4-11-19-40)47-31-30-45(59-47)51(38-14-6-2-7-15-38)43-28-29-44(58-43)52(39-16-8-3-9-17-39)46-32-33-48(60-46)54(55(42)61-49)41-20-12-5-13-21-41;58-34-36-23-21-35(22-24-36)25-26-41-33-48-51(39-17-9-3-10-18-39)46-30-29-44(55-46)49(37-13-5-1-6-14-37)42-27-28-43(54-42)50(38-15-7-2-8-16-38)45-31-32-47(56-45)52(53(41)57-48)40-19-11-4-12-20-40;1-4-2-3(5)6;;/h2-35H,(H2-,58,59,60,61,62,63);1-34H,(H-,54,55,56,57,58);2H2,(H,5,6);;/q2*-1;;2*+2/p-2/b27-26+,50-34-,51-43?,51-45?,52-44?,52-46?,53-47?,53-49?,54-48?,55-54?;;;;. The third-order valence-corrected chi connectivity index (χ3v) is 21.8. The second-order valence-electron chi connectivity index (χ2n) is 29.9. The molecule has 0 radical (unpaired) electrons. The molecule has 2 N–H and O–H groups in total. The molecule has 4 aliphatic heterocycles. The van der Waals surface area contributed by atoms with E-state index in [1.54, 1.807) is 12.1 Å². The van der Waals surface area contributed by atoms with Gasteiger partial charge in [-0.25, -0.2) is 36.1 Å². The van der Waals surface area contributed by atoms with Crippen LogP contribution < -0.4 is 19.9 Å². The molecule has 0 fully saturated rings. The van der Waals surface area contributed by atoms with Gasteiger partial charge in [0.1, 0.15) is 6.29 Å². The van der Waals surface area contributed by atoms with Gasteiger partial charge in [0.15, 0.2) is 0 Å². The molecule has 10 heterocycles. The Morgan fingerprint density at radius 2 is 0.535 bits per heavy atom. The Labute approximate surface area is 769 Å². The summed E-state index contributed by atoms with van der Waals surface area (Å²) in [5.74, 6) is -2.32. The van der Waals surface area contributed by atoms with Crippen molar-refractivity contribution in [2.75, 3.05) is 6.54 Å². The van der Waals surface area contributed by atoms with Crippen molar-refractivity contribution in [3.63, 3.8) is 0 Å². The Balaban J connectivity index is 0.000000176. The number of benzene rings is 10. The molecule has 0 amide bonds. The number of hydrogen-bond acceptors (Lipinski definition) is 7. The van der Waals surface area contributed by atoms with E-state index in [-0.39, 0.29) is 44.7 Å². The third-order valence-electron chi connectivity index (χ3n) is 21.8. The maximum Gasteiger partial charge on any atom is 2.00 e. The fourth-order valence-electron chi connectivity index (χ4n) is 16.0. The largest absolute Gasteiger partial charge is 2.00 e. The summed E-state index contributed by atoms with van der Waals surface area (Å²) >= 11 is 0. The smallest absolute Gasteiger partial charge is 0.657 e. The van der Waals surface area contributed by atoms with Crippen LogP contribution in [0.1, 0.15) is 83.7 Å². The monoisotopic (exact) mass is 1760 g/mol. The van der Waals surface area contributed by atoms with Crippen LogP contribution in [-0.4, -0.2) is 54.9 Å². The Hall–Kier alpha value is -16.5. The number of hydrogen-bond donors (Lipinski definition) is 2. The molecule has 0 saturated carbocycles. The summed E-state index contributed by atoms with van der Waals surface area (Å²) in [5.41, 5.74) is 32.6. The molecule has 10 aromatic carbocycles. The number of carboxylic acid groups (broad SMARTS) is 2. The molecular formula is C112H72N10O5Zn2. The topological polar surface area (TPSA) is 208 Å². The summed E-state index contributed by atoms with van der Waals surface area (Å²) < 4.78 is 0. The van der Waals surface area contributed by atoms with Crippen LogP contribution in [0.25, 0.3) is 222 Å². The van der Waals surface area contributed by atoms with Crippen molar-refractivity contribution in [2.24, 2.45) is 0 Å². The number of carbonyl (C=O) groups is 3. The maximum absolute atomic E-state index is 11.5. The summed E-state index contributed by atoms with van der Waals surface area (Å²) in [5, 5.41) is 17.1. The molecule has 604 valence electrons. The van der Waals surface area contributed by atoms with Crippen molar-refractivity contribution in [1.29, 1.82) is 0 Å². The number of carbonyl (C=O) groups excluding carboxylic acids is 1. The van der Waals surface area contributed by atoms with Crippen LogP contribution in [0.5, 0.6) is 0 Å². The van der Waals surface area contributed by atoms with Crippen molar-refractivity contribution in [2.45, 2.75) is 0 Å². The van der Waals surface area contributed by atoms with Crippen molar-refractivity contribution in [3.8, 4) is 89.0 Å². The minimum Gasteiger partial charge on any atom is -0.657 e. The van der Waals surface area contributed by atoms with E-state index >= 15 is 0 Å². The maximum atomic E-state index is 11.5. The third kappa shape index (κ3) is 18.8. The van der Waals surface area contributed by atoms with Gasteiger partial charge in [0, 0.05) is 5.56 Å². The van der Waals surface area contributed by atoms with E-state index in [0.717, 1.165) is 207 Å². The van der Waals surface area contributed by atoms with Crippen LogP contribution in [0.2, 0.25) is 0 Å². The summed E-state index contributed by atoms with van der Waals surface area (Å²) in [7, 11) is 0. The van der Waals surface area contributed by atoms with Gasteiger partial charge in [-0.2, -0.15) is 0 Å².